The first-order chi connectivity index (χ1) is 11.6. The van der Waals surface area contributed by atoms with E-state index in [4.69, 9.17) is 0 Å². The first-order valence-electron chi connectivity index (χ1n) is 9.15. The molecule has 4 nitrogen and oxygen atoms in total. The molecule has 0 spiro atoms. The monoisotopic (exact) mass is 347 g/mol. The summed E-state index contributed by atoms with van der Waals surface area (Å²) in [5.41, 5.74) is 1.30. The normalized spacial score (nSPS) is 22.8. The van der Waals surface area contributed by atoms with Crippen molar-refractivity contribution in [2.75, 3.05) is 32.7 Å². The fraction of sp³-hybridized carbons (Fsp3) is 0.632. The number of likely N-dealkylation sites (tertiary alicyclic amines) is 2. The number of nitrogens with zero attached hydrogens (tertiary/aromatic N) is 2. The number of amides is 2. The molecule has 0 bridgehead atoms. The highest BCUT2D eigenvalue weighted by atomic mass is 32.2. The van der Waals surface area contributed by atoms with Gasteiger partial charge in [0.25, 0.3) is 0 Å². The molecular weight excluding hydrogens is 318 g/mol. The van der Waals surface area contributed by atoms with E-state index in [1.54, 1.807) is 0 Å². The summed E-state index contributed by atoms with van der Waals surface area (Å²) in [6.07, 6.45) is 3.24. The molecule has 132 valence electrons. The Kier molecular flexibility index (Phi) is 6.06. The Bertz CT molecular complexity index is 540. The standard InChI is InChI=1S/C19H29N3OS/c1-3-21-11-8-16(14-21)20-19(23)22-12-9-18(10-13-22)24-17-6-4-15(2)5-7-17/h4-7,16,18H,3,8-14H2,1-2H3,(H,20,23). The van der Waals surface area contributed by atoms with Crippen LogP contribution in [0.3, 0.4) is 0 Å². The topological polar surface area (TPSA) is 35.6 Å². The van der Waals surface area contributed by atoms with E-state index < -0.39 is 0 Å². The van der Waals surface area contributed by atoms with E-state index in [-0.39, 0.29) is 6.03 Å². The zero-order chi connectivity index (χ0) is 16.9. The molecule has 1 unspecified atom stereocenters. The second-order valence-corrected chi connectivity index (χ2v) is 8.32. The maximum atomic E-state index is 12.4. The van der Waals surface area contributed by atoms with Crippen molar-refractivity contribution in [3.63, 3.8) is 0 Å². The van der Waals surface area contributed by atoms with Gasteiger partial charge < -0.3 is 15.1 Å². The Hall–Kier alpha value is -1.20. The van der Waals surface area contributed by atoms with Crippen LogP contribution >= 0.6 is 11.8 Å². The third kappa shape index (κ3) is 4.67. The van der Waals surface area contributed by atoms with Crippen LogP contribution in [-0.2, 0) is 0 Å². The Balaban J connectivity index is 1.41. The molecule has 2 heterocycles. The Morgan fingerprint density at radius 3 is 2.50 bits per heavy atom. The summed E-state index contributed by atoms with van der Waals surface area (Å²) in [4.78, 5) is 18.2. The maximum absolute atomic E-state index is 12.4. The predicted molar refractivity (Wildman–Crippen MR) is 101 cm³/mol. The largest absolute Gasteiger partial charge is 0.334 e. The molecule has 2 amide bonds. The van der Waals surface area contributed by atoms with Crippen molar-refractivity contribution < 1.29 is 4.79 Å². The third-order valence-corrected chi connectivity index (χ3v) is 6.45. The molecule has 2 saturated heterocycles. The van der Waals surface area contributed by atoms with Gasteiger partial charge in [0.1, 0.15) is 0 Å². The van der Waals surface area contributed by atoms with Gasteiger partial charge in [0.15, 0.2) is 0 Å². The number of carbonyl (C=O) groups is 1. The van der Waals surface area contributed by atoms with E-state index in [0.717, 1.165) is 52.0 Å². The SMILES string of the molecule is CCN1CCC(NC(=O)N2CCC(Sc3ccc(C)cc3)CC2)C1. The molecule has 1 aromatic rings. The minimum absolute atomic E-state index is 0.136. The van der Waals surface area contributed by atoms with Gasteiger partial charge >= 0.3 is 6.03 Å². The zero-order valence-corrected chi connectivity index (χ0v) is 15.6. The lowest BCUT2D eigenvalue weighted by atomic mass is 10.1. The highest BCUT2D eigenvalue weighted by molar-refractivity contribution is 8.00. The highest BCUT2D eigenvalue weighted by Crippen LogP contribution is 2.30. The van der Waals surface area contributed by atoms with Gasteiger partial charge in [0.2, 0.25) is 0 Å². The number of piperidine rings is 1. The number of hydrogen-bond acceptors (Lipinski definition) is 3. The van der Waals surface area contributed by atoms with Gasteiger partial charge in [-0.1, -0.05) is 24.6 Å². The summed E-state index contributed by atoms with van der Waals surface area (Å²) in [5, 5.41) is 3.85. The van der Waals surface area contributed by atoms with Gasteiger partial charge in [-0.3, -0.25) is 0 Å². The molecule has 5 heteroatoms. The lowest BCUT2D eigenvalue weighted by Crippen LogP contribution is -2.48. The van der Waals surface area contributed by atoms with E-state index in [9.17, 15) is 4.79 Å². The summed E-state index contributed by atoms with van der Waals surface area (Å²) in [6.45, 7) is 9.24. The number of hydrogen-bond donors (Lipinski definition) is 1. The minimum atomic E-state index is 0.136. The summed E-state index contributed by atoms with van der Waals surface area (Å²) >= 11 is 1.96. The average molecular weight is 348 g/mol. The third-order valence-electron chi connectivity index (χ3n) is 5.10. The van der Waals surface area contributed by atoms with Crippen molar-refractivity contribution in [3.05, 3.63) is 29.8 Å². The van der Waals surface area contributed by atoms with Crippen molar-refractivity contribution in [2.24, 2.45) is 0 Å². The van der Waals surface area contributed by atoms with Crippen molar-refractivity contribution in [2.45, 2.75) is 49.3 Å². The van der Waals surface area contributed by atoms with Crippen LogP contribution in [0.4, 0.5) is 4.79 Å². The smallest absolute Gasteiger partial charge is 0.317 e. The van der Waals surface area contributed by atoms with Crippen molar-refractivity contribution in [3.8, 4) is 0 Å². The Morgan fingerprint density at radius 1 is 1.17 bits per heavy atom. The summed E-state index contributed by atoms with van der Waals surface area (Å²) in [7, 11) is 0. The predicted octanol–water partition coefficient (Wildman–Crippen LogP) is 3.36. The summed E-state index contributed by atoms with van der Waals surface area (Å²) in [6, 6.07) is 9.23. The van der Waals surface area contributed by atoms with Gasteiger partial charge in [-0.15, -0.1) is 11.8 Å². The number of thioether (sulfide) groups is 1. The first kappa shape index (κ1) is 17.6. The molecule has 1 aromatic carbocycles. The molecule has 3 rings (SSSR count). The van der Waals surface area contributed by atoms with Gasteiger partial charge in [-0.2, -0.15) is 0 Å². The van der Waals surface area contributed by atoms with Crippen molar-refractivity contribution in [1.82, 2.24) is 15.1 Å². The average Bonchev–Trinajstić information content (AvgIpc) is 3.05. The Labute approximate surface area is 150 Å². The lowest BCUT2D eigenvalue weighted by molar-refractivity contribution is 0.183. The molecule has 2 aliphatic rings. The molecule has 24 heavy (non-hydrogen) atoms. The van der Waals surface area contributed by atoms with Gasteiger partial charge in [-0.25, -0.2) is 4.79 Å². The fourth-order valence-electron chi connectivity index (χ4n) is 3.49. The number of carbonyl (C=O) groups excluding carboxylic acids is 1. The molecule has 1 N–H and O–H groups in total. The van der Waals surface area contributed by atoms with Gasteiger partial charge in [0, 0.05) is 42.4 Å². The van der Waals surface area contributed by atoms with Gasteiger partial charge in [0.05, 0.1) is 0 Å². The highest BCUT2D eigenvalue weighted by Gasteiger charge is 2.27. The zero-order valence-electron chi connectivity index (χ0n) is 14.8. The van der Waals surface area contributed by atoms with Crippen LogP contribution in [0.5, 0.6) is 0 Å². The number of aryl methyl sites for hydroxylation is 1. The number of benzene rings is 1. The molecule has 0 aromatic heterocycles. The van der Waals surface area contributed by atoms with E-state index in [1.807, 2.05) is 16.7 Å². The molecule has 0 saturated carbocycles. The van der Waals surface area contributed by atoms with Crippen LogP contribution in [0, 0.1) is 6.92 Å². The van der Waals surface area contributed by atoms with Crippen LogP contribution in [0.25, 0.3) is 0 Å². The molecule has 2 fully saturated rings. The number of urea groups is 1. The summed E-state index contributed by atoms with van der Waals surface area (Å²) < 4.78 is 0. The number of nitrogens with one attached hydrogen (secondary N) is 1. The van der Waals surface area contributed by atoms with Crippen LogP contribution in [-0.4, -0.2) is 59.8 Å². The molecule has 2 aliphatic heterocycles. The van der Waals surface area contributed by atoms with Crippen LogP contribution in [0.15, 0.2) is 29.2 Å². The molecule has 0 radical (unpaired) electrons. The summed E-state index contributed by atoms with van der Waals surface area (Å²) in [5.74, 6) is 0. The first-order valence-corrected chi connectivity index (χ1v) is 10.0. The van der Waals surface area contributed by atoms with Crippen LogP contribution in [0.1, 0.15) is 31.7 Å². The van der Waals surface area contributed by atoms with Crippen LogP contribution < -0.4 is 5.32 Å². The quantitative estimate of drug-likeness (QED) is 0.907. The Morgan fingerprint density at radius 2 is 1.88 bits per heavy atom. The molecule has 0 aliphatic carbocycles. The van der Waals surface area contributed by atoms with E-state index in [1.165, 1.54) is 10.5 Å². The molecule has 1 atom stereocenters. The van der Waals surface area contributed by atoms with E-state index in [2.05, 4.69) is 48.3 Å². The maximum Gasteiger partial charge on any atom is 0.317 e. The second kappa shape index (κ2) is 8.26. The van der Waals surface area contributed by atoms with Gasteiger partial charge in [-0.05, 0) is 44.9 Å². The van der Waals surface area contributed by atoms with E-state index >= 15 is 0 Å². The van der Waals surface area contributed by atoms with E-state index in [0.29, 0.717) is 11.3 Å². The number of likely N-dealkylation sites (N-methyl/N-ethyl adjacent to an activating group) is 1. The fourth-order valence-corrected chi connectivity index (χ4v) is 4.61. The lowest BCUT2D eigenvalue weighted by Gasteiger charge is -2.32. The second-order valence-electron chi connectivity index (χ2n) is 6.95. The van der Waals surface area contributed by atoms with Crippen LogP contribution in [0.2, 0.25) is 0 Å². The number of rotatable bonds is 4. The molecular formula is C19H29N3OS. The van der Waals surface area contributed by atoms with Crippen molar-refractivity contribution in [1.29, 1.82) is 0 Å². The van der Waals surface area contributed by atoms with Crippen molar-refractivity contribution >= 4 is 17.8 Å². The minimum Gasteiger partial charge on any atom is -0.334 e.